The number of rotatable bonds is 2. The lowest BCUT2D eigenvalue weighted by molar-refractivity contribution is 0.682. The fourth-order valence-corrected chi connectivity index (χ4v) is 1.80. The van der Waals surface area contributed by atoms with Gasteiger partial charge >= 0.3 is 0 Å². The molecule has 1 aromatic heterocycles. The Balaban J connectivity index is 2.25. The minimum Gasteiger partial charge on any atom is -0.249 e. The molecule has 3 nitrogen and oxygen atoms in total. The number of hydrogen-bond acceptors (Lipinski definition) is 2. The highest BCUT2D eigenvalue weighted by Gasteiger charge is 2.00. The minimum absolute atomic E-state index is 0.777. The van der Waals surface area contributed by atoms with Gasteiger partial charge in [0, 0.05) is 4.47 Å². The molecule has 0 aliphatic carbocycles. The van der Waals surface area contributed by atoms with Crippen molar-refractivity contribution in [3.63, 3.8) is 0 Å². The first-order valence-electron chi connectivity index (χ1n) is 4.33. The molecule has 72 valence electrons. The Morgan fingerprint density at radius 1 is 1.43 bits per heavy atom. The fourth-order valence-electron chi connectivity index (χ4n) is 1.33. The average Bonchev–Trinajstić information content (AvgIpc) is 2.62. The van der Waals surface area contributed by atoms with Gasteiger partial charge in [-0.2, -0.15) is 5.10 Å². The molecule has 14 heavy (non-hydrogen) atoms. The lowest BCUT2D eigenvalue weighted by atomic mass is 10.1. The van der Waals surface area contributed by atoms with Gasteiger partial charge in [0.1, 0.15) is 12.7 Å². The molecule has 1 heterocycles. The Labute approximate surface area is 90.9 Å². The predicted octanol–water partition coefficient (Wildman–Crippen LogP) is 2.40. The standard InChI is InChI=1S/C10H10BrN3/c1-8-4-10(11)3-2-9(8)5-14-7-12-6-13-14/h2-4,6-7H,5H2,1H3. The van der Waals surface area contributed by atoms with E-state index in [0.717, 1.165) is 11.0 Å². The van der Waals surface area contributed by atoms with Crippen LogP contribution in [0.1, 0.15) is 11.1 Å². The zero-order valence-corrected chi connectivity index (χ0v) is 9.40. The first-order chi connectivity index (χ1) is 6.75. The molecule has 0 saturated carbocycles. The number of benzene rings is 1. The van der Waals surface area contributed by atoms with E-state index in [4.69, 9.17) is 0 Å². The molecule has 0 fully saturated rings. The number of aromatic nitrogens is 3. The van der Waals surface area contributed by atoms with Crippen LogP contribution in [-0.4, -0.2) is 14.8 Å². The summed E-state index contributed by atoms with van der Waals surface area (Å²) in [4.78, 5) is 3.91. The molecule has 0 aliphatic rings. The lowest BCUT2D eigenvalue weighted by Crippen LogP contribution is -2.01. The predicted molar refractivity (Wildman–Crippen MR) is 58.0 cm³/mol. The van der Waals surface area contributed by atoms with E-state index in [9.17, 15) is 0 Å². The zero-order valence-electron chi connectivity index (χ0n) is 7.81. The van der Waals surface area contributed by atoms with E-state index in [1.165, 1.54) is 11.1 Å². The Bertz CT molecular complexity index is 423. The van der Waals surface area contributed by atoms with Gasteiger partial charge in [0.05, 0.1) is 6.54 Å². The van der Waals surface area contributed by atoms with Crippen LogP contribution in [0.5, 0.6) is 0 Å². The molecule has 0 spiro atoms. The normalized spacial score (nSPS) is 10.4. The Morgan fingerprint density at radius 3 is 2.93 bits per heavy atom. The topological polar surface area (TPSA) is 30.7 Å². The van der Waals surface area contributed by atoms with Gasteiger partial charge in [-0.05, 0) is 30.2 Å². The molecule has 4 heteroatoms. The van der Waals surface area contributed by atoms with Gasteiger partial charge < -0.3 is 0 Å². The molecule has 0 radical (unpaired) electrons. The highest BCUT2D eigenvalue weighted by molar-refractivity contribution is 9.10. The van der Waals surface area contributed by atoms with Gasteiger partial charge in [-0.15, -0.1) is 0 Å². The summed E-state index contributed by atoms with van der Waals surface area (Å²) in [6, 6.07) is 6.24. The van der Waals surface area contributed by atoms with Crippen LogP contribution in [0.15, 0.2) is 35.3 Å². The molecule has 2 aromatic rings. The molecule has 0 atom stereocenters. The van der Waals surface area contributed by atoms with E-state index in [2.05, 4.69) is 45.1 Å². The number of nitrogens with zero attached hydrogens (tertiary/aromatic N) is 3. The van der Waals surface area contributed by atoms with Gasteiger partial charge in [-0.25, -0.2) is 9.67 Å². The second-order valence-corrected chi connectivity index (χ2v) is 4.08. The van der Waals surface area contributed by atoms with E-state index in [0.29, 0.717) is 0 Å². The maximum absolute atomic E-state index is 4.07. The van der Waals surface area contributed by atoms with Gasteiger partial charge in [0.15, 0.2) is 0 Å². The van der Waals surface area contributed by atoms with Crippen molar-refractivity contribution in [2.45, 2.75) is 13.5 Å². The summed E-state index contributed by atoms with van der Waals surface area (Å²) in [5.41, 5.74) is 2.52. The highest BCUT2D eigenvalue weighted by atomic mass is 79.9. The average molecular weight is 252 g/mol. The summed E-state index contributed by atoms with van der Waals surface area (Å²) < 4.78 is 2.92. The van der Waals surface area contributed by atoms with Crippen molar-refractivity contribution in [3.8, 4) is 0 Å². The SMILES string of the molecule is Cc1cc(Br)ccc1Cn1cncn1. The maximum atomic E-state index is 4.07. The van der Waals surface area contributed by atoms with Crippen molar-refractivity contribution >= 4 is 15.9 Å². The molecule has 0 amide bonds. The molecule has 0 saturated heterocycles. The zero-order chi connectivity index (χ0) is 9.97. The Morgan fingerprint density at radius 2 is 2.29 bits per heavy atom. The number of aryl methyl sites for hydroxylation is 1. The van der Waals surface area contributed by atoms with E-state index in [1.54, 1.807) is 12.7 Å². The minimum atomic E-state index is 0.777. The maximum Gasteiger partial charge on any atom is 0.137 e. The van der Waals surface area contributed by atoms with Crippen molar-refractivity contribution < 1.29 is 0 Å². The molecular formula is C10H10BrN3. The first kappa shape index (κ1) is 9.40. The largest absolute Gasteiger partial charge is 0.249 e. The highest BCUT2D eigenvalue weighted by Crippen LogP contribution is 2.16. The monoisotopic (exact) mass is 251 g/mol. The third-order valence-electron chi connectivity index (χ3n) is 2.10. The lowest BCUT2D eigenvalue weighted by Gasteiger charge is -2.05. The molecule has 0 N–H and O–H groups in total. The first-order valence-corrected chi connectivity index (χ1v) is 5.12. The van der Waals surface area contributed by atoms with Crippen LogP contribution >= 0.6 is 15.9 Å². The van der Waals surface area contributed by atoms with E-state index in [1.807, 2.05) is 10.7 Å². The van der Waals surface area contributed by atoms with Crippen LogP contribution in [0.3, 0.4) is 0 Å². The van der Waals surface area contributed by atoms with Crippen LogP contribution in [0, 0.1) is 6.92 Å². The molecule has 0 unspecified atom stereocenters. The van der Waals surface area contributed by atoms with Crippen molar-refractivity contribution in [1.82, 2.24) is 14.8 Å². The van der Waals surface area contributed by atoms with Crippen LogP contribution in [0.2, 0.25) is 0 Å². The Hall–Kier alpha value is -1.16. The number of halogens is 1. The van der Waals surface area contributed by atoms with Crippen molar-refractivity contribution in [2.24, 2.45) is 0 Å². The van der Waals surface area contributed by atoms with Crippen molar-refractivity contribution in [3.05, 3.63) is 46.5 Å². The van der Waals surface area contributed by atoms with E-state index < -0.39 is 0 Å². The van der Waals surface area contributed by atoms with E-state index >= 15 is 0 Å². The van der Waals surface area contributed by atoms with Gasteiger partial charge in [-0.1, -0.05) is 22.0 Å². The second-order valence-electron chi connectivity index (χ2n) is 3.16. The van der Waals surface area contributed by atoms with Crippen LogP contribution < -0.4 is 0 Å². The molecule has 1 aromatic carbocycles. The third kappa shape index (κ3) is 2.01. The molecule has 0 aliphatic heterocycles. The summed E-state index contributed by atoms with van der Waals surface area (Å²) in [6.45, 7) is 2.87. The van der Waals surface area contributed by atoms with Gasteiger partial charge in [0.2, 0.25) is 0 Å². The second kappa shape index (κ2) is 3.92. The van der Waals surface area contributed by atoms with Gasteiger partial charge in [-0.3, -0.25) is 0 Å². The summed E-state index contributed by atoms with van der Waals surface area (Å²) in [5, 5.41) is 4.07. The smallest absolute Gasteiger partial charge is 0.137 e. The van der Waals surface area contributed by atoms with Crippen LogP contribution in [0.25, 0.3) is 0 Å². The van der Waals surface area contributed by atoms with Crippen LogP contribution in [0.4, 0.5) is 0 Å². The molecule has 0 bridgehead atoms. The van der Waals surface area contributed by atoms with E-state index in [-0.39, 0.29) is 0 Å². The quantitative estimate of drug-likeness (QED) is 0.821. The summed E-state index contributed by atoms with van der Waals surface area (Å²) >= 11 is 3.44. The summed E-state index contributed by atoms with van der Waals surface area (Å²) in [5.74, 6) is 0. The van der Waals surface area contributed by atoms with Crippen molar-refractivity contribution in [2.75, 3.05) is 0 Å². The molecule has 2 rings (SSSR count). The third-order valence-corrected chi connectivity index (χ3v) is 2.60. The van der Waals surface area contributed by atoms with Crippen molar-refractivity contribution in [1.29, 1.82) is 0 Å². The van der Waals surface area contributed by atoms with Gasteiger partial charge in [0.25, 0.3) is 0 Å². The number of hydrogen-bond donors (Lipinski definition) is 0. The summed E-state index contributed by atoms with van der Waals surface area (Å²) in [7, 11) is 0. The van der Waals surface area contributed by atoms with Crippen LogP contribution in [-0.2, 0) is 6.54 Å². The fraction of sp³-hybridized carbons (Fsp3) is 0.200. The molecular weight excluding hydrogens is 242 g/mol. The summed E-state index contributed by atoms with van der Waals surface area (Å²) in [6.07, 6.45) is 3.27. The Kier molecular flexibility index (Phi) is 2.63.